The first-order chi connectivity index (χ1) is 6.66. The third-order valence-corrected chi connectivity index (χ3v) is 1.87. The van der Waals surface area contributed by atoms with Crippen LogP contribution in [0.25, 0.3) is 6.08 Å². The number of amides is 3. The molecule has 2 rings (SSSR count). The molecular formula is C8H8N4O2. The van der Waals surface area contributed by atoms with Gasteiger partial charge in [0, 0.05) is 13.2 Å². The molecular weight excluding hydrogens is 184 g/mol. The van der Waals surface area contributed by atoms with E-state index in [2.05, 4.69) is 15.7 Å². The maximum atomic E-state index is 11.1. The molecule has 3 amide bonds. The molecule has 6 nitrogen and oxygen atoms in total. The molecule has 1 aliphatic heterocycles. The summed E-state index contributed by atoms with van der Waals surface area (Å²) in [5, 5.41) is 8.43. The van der Waals surface area contributed by atoms with Gasteiger partial charge in [0.05, 0.1) is 5.69 Å². The van der Waals surface area contributed by atoms with Crippen molar-refractivity contribution in [1.82, 2.24) is 20.4 Å². The summed E-state index contributed by atoms with van der Waals surface area (Å²) < 4.78 is 1.60. The number of imide groups is 1. The van der Waals surface area contributed by atoms with Crippen LogP contribution in [0.15, 0.2) is 18.0 Å². The fourth-order valence-electron chi connectivity index (χ4n) is 1.16. The van der Waals surface area contributed by atoms with Gasteiger partial charge in [-0.1, -0.05) is 0 Å². The molecule has 0 bridgehead atoms. The molecule has 0 spiro atoms. The van der Waals surface area contributed by atoms with Crippen molar-refractivity contribution in [3.05, 3.63) is 23.7 Å². The van der Waals surface area contributed by atoms with Gasteiger partial charge >= 0.3 is 6.03 Å². The van der Waals surface area contributed by atoms with E-state index >= 15 is 0 Å². The van der Waals surface area contributed by atoms with Crippen molar-refractivity contribution in [3.8, 4) is 0 Å². The average molecular weight is 192 g/mol. The standard InChI is InChI=1S/C8H8N4O2/c1-12-5(2-3-9-12)4-6-7(13)11-8(14)10-6/h2-4H,1H3,(H2,10,11,13,14)/b6-4+. The smallest absolute Gasteiger partial charge is 0.303 e. The minimum Gasteiger partial charge on any atom is -0.303 e. The molecule has 1 aromatic rings. The van der Waals surface area contributed by atoms with E-state index in [1.165, 1.54) is 0 Å². The third-order valence-electron chi connectivity index (χ3n) is 1.87. The van der Waals surface area contributed by atoms with Gasteiger partial charge in [0.25, 0.3) is 5.91 Å². The van der Waals surface area contributed by atoms with E-state index in [0.717, 1.165) is 5.69 Å². The van der Waals surface area contributed by atoms with E-state index in [4.69, 9.17) is 0 Å². The normalized spacial score (nSPS) is 18.5. The van der Waals surface area contributed by atoms with Crippen LogP contribution in [0.1, 0.15) is 5.69 Å². The third kappa shape index (κ3) is 1.37. The SMILES string of the molecule is Cn1nccc1/C=C1/NC(=O)NC1=O. The molecule has 1 fully saturated rings. The second kappa shape index (κ2) is 2.99. The highest BCUT2D eigenvalue weighted by Crippen LogP contribution is 2.06. The van der Waals surface area contributed by atoms with E-state index in [1.54, 1.807) is 30.1 Å². The molecule has 2 heterocycles. The van der Waals surface area contributed by atoms with Gasteiger partial charge in [0.2, 0.25) is 0 Å². The molecule has 0 atom stereocenters. The van der Waals surface area contributed by atoms with Crippen LogP contribution in [-0.2, 0) is 11.8 Å². The predicted octanol–water partition coefficient (Wildman–Crippen LogP) is -0.400. The summed E-state index contributed by atoms with van der Waals surface area (Å²) in [7, 11) is 1.75. The lowest BCUT2D eigenvalue weighted by Crippen LogP contribution is -2.22. The van der Waals surface area contributed by atoms with Crippen molar-refractivity contribution in [1.29, 1.82) is 0 Å². The predicted molar refractivity (Wildman–Crippen MR) is 47.9 cm³/mol. The largest absolute Gasteiger partial charge is 0.326 e. The van der Waals surface area contributed by atoms with Crippen LogP contribution in [0.2, 0.25) is 0 Å². The van der Waals surface area contributed by atoms with E-state index in [0.29, 0.717) is 0 Å². The highest BCUT2D eigenvalue weighted by molar-refractivity contribution is 6.13. The number of nitrogens with zero attached hydrogens (tertiary/aromatic N) is 2. The number of hydrogen-bond donors (Lipinski definition) is 2. The van der Waals surface area contributed by atoms with Crippen LogP contribution in [0.5, 0.6) is 0 Å². The second-order valence-corrected chi connectivity index (χ2v) is 2.85. The van der Waals surface area contributed by atoms with Gasteiger partial charge in [-0.15, -0.1) is 0 Å². The molecule has 1 aromatic heterocycles. The van der Waals surface area contributed by atoms with Gasteiger partial charge in [0.15, 0.2) is 0 Å². The van der Waals surface area contributed by atoms with Crippen molar-refractivity contribution in [3.63, 3.8) is 0 Å². The molecule has 0 saturated carbocycles. The highest BCUT2D eigenvalue weighted by atomic mass is 16.2. The summed E-state index contributed by atoms with van der Waals surface area (Å²) in [6.45, 7) is 0. The quantitative estimate of drug-likeness (QED) is 0.469. The Hall–Kier alpha value is -2.11. The molecule has 1 saturated heterocycles. The Morgan fingerprint density at radius 3 is 2.71 bits per heavy atom. The first kappa shape index (κ1) is 8.49. The Labute approximate surface area is 79.6 Å². The van der Waals surface area contributed by atoms with E-state index in [-0.39, 0.29) is 5.70 Å². The molecule has 0 radical (unpaired) electrons. The Morgan fingerprint density at radius 2 is 2.21 bits per heavy atom. The average Bonchev–Trinajstić information content (AvgIpc) is 2.62. The van der Waals surface area contributed by atoms with Crippen LogP contribution in [-0.4, -0.2) is 21.7 Å². The number of aryl methyl sites for hydroxylation is 1. The lowest BCUT2D eigenvalue weighted by atomic mass is 10.3. The maximum absolute atomic E-state index is 11.1. The molecule has 1 aliphatic rings. The van der Waals surface area contributed by atoms with Crippen molar-refractivity contribution in [2.45, 2.75) is 0 Å². The monoisotopic (exact) mass is 192 g/mol. The van der Waals surface area contributed by atoms with Crippen molar-refractivity contribution in [2.24, 2.45) is 7.05 Å². The Bertz CT molecular complexity index is 432. The van der Waals surface area contributed by atoms with E-state index < -0.39 is 11.9 Å². The zero-order valence-electron chi connectivity index (χ0n) is 7.44. The van der Waals surface area contributed by atoms with E-state index in [9.17, 15) is 9.59 Å². The van der Waals surface area contributed by atoms with Gasteiger partial charge in [-0.25, -0.2) is 4.79 Å². The fraction of sp³-hybridized carbons (Fsp3) is 0.125. The maximum Gasteiger partial charge on any atom is 0.326 e. The van der Waals surface area contributed by atoms with Crippen LogP contribution in [0, 0.1) is 0 Å². The minimum atomic E-state index is -0.497. The van der Waals surface area contributed by atoms with Crippen LogP contribution >= 0.6 is 0 Å². The summed E-state index contributed by atoms with van der Waals surface area (Å²) in [6, 6.07) is 1.24. The molecule has 2 N–H and O–H groups in total. The molecule has 72 valence electrons. The second-order valence-electron chi connectivity index (χ2n) is 2.85. The molecule has 0 aliphatic carbocycles. The van der Waals surface area contributed by atoms with Gasteiger partial charge in [-0.2, -0.15) is 5.10 Å². The van der Waals surface area contributed by atoms with Crippen LogP contribution in [0.3, 0.4) is 0 Å². The Morgan fingerprint density at radius 1 is 1.43 bits per heavy atom. The zero-order valence-corrected chi connectivity index (χ0v) is 7.44. The summed E-state index contributed by atoms with van der Waals surface area (Å²) in [6.07, 6.45) is 3.17. The van der Waals surface area contributed by atoms with Crippen molar-refractivity contribution in [2.75, 3.05) is 0 Å². The lowest BCUT2D eigenvalue weighted by molar-refractivity contribution is -0.115. The summed E-state index contributed by atoms with van der Waals surface area (Å²) in [4.78, 5) is 21.9. The van der Waals surface area contributed by atoms with Gasteiger partial charge in [-0.05, 0) is 12.1 Å². The molecule has 6 heteroatoms. The Balaban J connectivity index is 2.32. The number of rotatable bonds is 1. The summed E-state index contributed by atoms with van der Waals surface area (Å²) in [5.74, 6) is -0.420. The van der Waals surface area contributed by atoms with Crippen LogP contribution < -0.4 is 10.6 Å². The van der Waals surface area contributed by atoms with Gasteiger partial charge in [0.1, 0.15) is 5.70 Å². The minimum absolute atomic E-state index is 0.235. The van der Waals surface area contributed by atoms with Gasteiger partial charge < -0.3 is 5.32 Å². The summed E-state index contributed by atoms with van der Waals surface area (Å²) in [5.41, 5.74) is 0.982. The van der Waals surface area contributed by atoms with Crippen LogP contribution in [0.4, 0.5) is 4.79 Å². The molecule has 0 unspecified atom stereocenters. The lowest BCUT2D eigenvalue weighted by Gasteiger charge is -1.95. The Kier molecular flexibility index (Phi) is 1.81. The molecule has 0 aromatic carbocycles. The number of carbonyl (C=O) groups is 2. The first-order valence-corrected chi connectivity index (χ1v) is 3.99. The number of carbonyl (C=O) groups excluding carboxylic acids is 2. The summed E-state index contributed by atoms with van der Waals surface area (Å²) >= 11 is 0. The highest BCUT2D eigenvalue weighted by Gasteiger charge is 2.22. The number of nitrogens with one attached hydrogen (secondary N) is 2. The van der Waals surface area contributed by atoms with Crippen molar-refractivity contribution < 1.29 is 9.59 Å². The number of urea groups is 1. The first-order valence-electron chi connectivity index (χ1n) is 3.99. The van der Waals surface area contributed by atoms with Gasteiger partial charge in [-0.3, -0.25) is 14.8 Å². The topological polar surface area (TPSA) is 76.0 Å². The number of aromatic nitrogens is 2. The zero-order chi connectivity index (χ0) is 10.1. The molecule has 14 heavy (non-hydrogen) atoms. The van der Waals surface area contributed by atoms with Crippen molar-refractivity contribution >= 4 is 18.0 Å². The van der Waals surface area contributed by atoms with E-state index in [1.807, 2.05) is 0 Å². The fourth-order valence-corrected chi connectivity index (χ4v) is 1.16. The number of hydrogen-bond acceptors (Lipinski definition) is 3.